The fraction of sp³-hybridized carbons (Fsp3) is 0.200. The number of nitrogens with zero attached hydrogens (tertiary/aromatic N) is 1. The predicted octanol–water partition coefficient (Wildman–Crippen LogP) is 3.56. The van der Waals surface area contributed by atoms with E-state index in [1.54, 1.807) is 28.7 Å². The summed E-state index contributed by atoms with van der Waals surface area (Å²) in [7, 11) is 1.14. The van der Waals surface area contributed by atoms with Crippen molar-refractivity contribution in [3.8, 4) is 6.07 Å². The van der Waals surface area contributed by atoms with Gasteiger partial charge in [0.15, 0.2) is 0 Å². The second kappa shape index (κ2) is 5.79. The molecule has 0 fully saturated rings. The van der Waals surface area contributed by atoms with E-state index in [0.29, 0.717) is 0 Å². The Morgan fingerprint density at radius 1 is 1.50 bits per heavy atom. The lowest BCUT2D eigenvalue weighted by atomic mass is 10.1. The topological polar surface area (TPSA) is 50.1 Å². The summed E-state index contributed by atoms with van der Waals surface area (Å²) < 4.78 is 41.4. The highest BCUT2D eigenvalue weighted by molar-refractivity contribution is 14.1. The van der Waals surface area contributed by atoms with Crippen LogP contribution in [-0.4, -0.2) is 18.6 Å². The van der Waals surface area contributed by atoms with E-state index in [0.717, 1.165) is 13.2 Å². The monoisotopic (exact) mass is 387 g/mol. The summed E-state index contributed by atoms with van der Waals surface area (Å²) in [5.74, 6) is -0.750. The first-order valence-electron chi connectivity index (χ1n) is 4.36. The number of ether oxygens (including phenoxy) is 1. The highest BCUT2D eigenvalue weighted by Gasteiger charge is 2.30. The number of carbonyl (C=O) groups excluding carboxylic acids is 1. The highest BCUT2D eigenvalue weighted by Crippen LogP contribution is 2.38. The summed E-state index contributed by atoms with van der Waals surface area (Å²) in [6, 6.07) is 3.90. The Bertz CT molecular complexity index is 525. The minimum atomic E-state index is -4.44. The third-order valence-electron chi connectivity index (χ3n) is 1.81. The van der Waals surface area contributed by atoms with Gasteiger partial charge in [-0.15, -0.1) is 0 Å². The van der Waals surface area contributed by atoms with Crippen molar-refractivity contribution in [3.63, 3.8) is 0 Å². The number of methoxy groups -OCH3 is 1. The molecule has 0 atom stereocenters. The molecule has 0 heterocycles. The smallest absolute Gasteiger partial charge is 0.446 e. The van der Waals surface area contributed by atoms with Crippen molar-refractivity contribution in [2.45, 2.75) is 10.4 Å². The molecule has 1 aromatic rings. The number of halogens is 4. The molecule has 1 aromatic carbocycles. The van der Waals surface area contributed by atoms with E-state index in [9.17, 15) is 18.0 Å². The first-order valence-corrected chi connectivity index (χ1v) is 6.25. The molecule has 0 unspecified atom stereocenters. The van der Waals surface area contributed by atoms with Gasteiger partial charge >= 0.3 is 11.5 Å². The van der Waals surface area contributed by atoms with E-state index in [2.05, 4.69) is 4.74 Å². The van der Waals surface area contributed by atoms with Crippen LogP contribution in [-0.2, 0) is 4.74 Å². The van der Waals surface area contributed by atoms with Crippen molar-refractivity contribution < 1.29 is 22.7 Å². The number of nitriles is 1. The lowest BCUT2D eigenvalue weighted by Gasteiger charge is -2.09. The van der Waals surface area contributed by atoms with Gasteiger partial charge in [-0.3, -0.25) is 0 Å². The number of benzene rings is 1. The molecule has 18 heavy (non-hydrogen) atoms. The Morgan fingerprint density at radius 3 is 2.56 bits per heavy atom. The molecule has 0 radical (unpaired) electrons. The minimum Gasteiger partial charge on any atom is -0.465 e. The first kappa shape index (κ1) is 15.1. The summed E-state index contributed by atoms with van der Waals surface area (Å²) in [5, 5.41) is 8.86. The Hall–Kier alpha value is -0.950. The van der Waals surface area contributed by atoms with Gasteiger partial charge in [0, 0.05) is 8.47 Å². The van der Waals surface area contributed by atoms with Gasteiger partial charge in [0.1, 0.15) is 6.07 Å². The molecule has 0 aliphatic heterocycles. The maximum atomic E-state index is 12.2. The molecule has 0 saturated carbocycles. The van der Waals surface area contributed by atoms with Crippen LogP contribution in [0.25, 0.3) is 0 Å². The average Bonchev–Trinajstić information content (AvgIpc) is 2.24. The Kier molecular flexibility index (Phi) is 4.86. The fourth-order valence-corrected chi connectivity index (χ4v) is 2.85. The number of thioether (sulfide) groups is 1. The molecule has 0 bridgehead atoms. The summed E-state index contributed by atoms with van der Waals surface area (Å²) in [4.78, 5) is 11.3. The fourth-order valence-electron chi connectivity index (χ4n) is 1.17. The van der Waals surface area contributed by atoms with Crippen molar-refractivity contribution >= 4 is 40.3 Å². The number of alkyl halides is 3. The van der Waals surface area contributed by atoms with Crippen molar-refractivity contribution in [1.82, 2.24) is 0 Å². The molecule has 3 nitrogen and oxygen atoms in total. The van der Waals surface area contributed by atoms with Gasteiger partial charge in [0.05, 0.1) is 18.2 Å². The largest absolute Gasteiger partial charge is 0.465 e. The summed E-state index contributed by atoms with van der Waals surface area (Å²) in [6.07, 6.45) is 0. The zero-order valence-electron chi connectivity index (χ0n) is 8.84. The third kappa shape index (κ3) is 3.78. The molecule has 0 aliphatic carbocycles. The third-order valence-corrected chi connectivity index (χ3v) is 3.36. The molecule has 0 aliphatic rings. The molecule has 0 aromatic heterocycles. The van der Waals surface area contributed by atoms with Crippen LogP contribution in [0, 0.1) is 14.9 Å². The van der Waals surface area contributed by atoms with Gasteiger partial charge < -0.3 is 4.74 Å². The summed E-state index contributed by atoms with van der Waals surface area (Å²) >= 11 is 1.36. The molecule has 0 amide bonds. The predicted molar refractivity (Wildman–Crippen MR) is 67.1 cm³/mol. The lowest BCUT2D eigenvalue weighted by Crippen LogP contribution is -2.08. The van der Waals surface area contributed by atoms with E-state index in [4.69, 9.17) is 5.26 Å². The van der Waals surface area contributed by atoms with Crippen LogP contribution in [0.2, 0.25) is 0 Å². The molecule has 8 heteroatoms. The number of carbonyl (C=O) groups is 1. The second-order valence-electron chi connectivity index (χ2n) is 2.98. The molecule has 96 valence electrons. The van der Waals surface area contributed by atoms with Crippen LogP contribution in [0.3, 0.4) is 0 Å². The minimum absolute atomic E-state index is 0.0212. The van der Waals surface area contributed by atoms with E-state index >= 15 is 0 Å². The van der Waals surface area contributed by atoms with Crippen molar-refractivity contribution in [2.24, 2.45) is 0 Å². The van der Waals surface area contributed by atoms with E-state index in [1.165, 1.54) is 6.07 Å². The maximum absolute atomic E-state index is 12.2. The van der Waals surface area contributed by atoms with Crippen molar-refractivity contribution in [1.29, 1.82) is 5.26 Å². The molecule has 1 rings (SSSR count). The molecular formula is C10H5F3INO2S. The van der Waals surface area contributed by atoms with Crippen LogP contribution in [0.4, 0.5) is 13.2 Å². The van der Waals surface area contributed by atoms with Crippen LogP contribution in [0.1, 0.15) is 15.9 Å². The van der Waals surface area contributed by atoms with Crippen LogP contribution < -0.4 is 0 Å². The van der Waals surface area contributed by atoms with Gasteiger partial charge in [-0.2, -0.15) is 18.4 Å². The quantitative estimate of drug-likeness (QED) is 0.443. The van der Waals surface area contributed by atoms with E-state index in [-0.39, 0.29) is 31.4 Å². The summed E-state index contributed by atoms with van der Waals surface area (Å²) in [5.41, 5.74) is -4.60. The van der Waals surface area contributed by atoms with Gasteiger partial charge in [-0.05, 0) is 46.5 Å². The maximum Gasteiger partial charge on any atom is 0.446 e. The van der Waals surface area contributed by atoms with Crippen molar-refractivity contribution in [2.75, 3.05) is 7.11 Å². The number of rotatable bonds is 2. The number of esters is 1. The summed E-state index contributed by atoms with van der Waals surface area (Å²) in [6.45, 7) is 0. The lowest BCUT2D eigenvalue weighted by molar-refractivity contribution is -0.0328. The Balaban J connectivity index is 3.29. The molecular weight excluding hydrogens is 382 g/mol. The normalized spacial score (nSPS) is 10.9. The zero-order chi connectivity index (χ0) is 13.9. The zero-order valence-corrected chi connectivity index (χ0v) is 11.8. The van der Waals surface area contributed by atoms with E-state index < -0.39 is 11.5 Å². The van der Waals surface area contributed by atoms with Gasteiger partial charge in [0.25, 0.3) is 0 Å². The van der Waals surface area contributed by atoms with Crippen LogP contribution in [0.5, 0.6) is 0 Å². The molecule has 0 N–H and O–H groups in total. The molecule has 0 saturated heterocycles. The van der Waals surface area contributed by atoms with Crippen LogP contribution in [0.15, 0.2) is 17.0 Å². The SMILES string of the molecule is COC(=O)c1c(I)cc(SC(F)(F)F)cc1C#N. The van der Waals surface area contributed by atoms with Gasteiger partial charge in [-0.25, -0.2) is 4.79 Å². The standard InChI is InChI=1S/C10H5F3INO2S/c1-17-9(16)8-5(4-15)2-6(3-7(8)14)18-10(11,12)13/h2-3H,1H3. The Labute approximate surface area is 118 Å². The van der Waals surface area contributed by atoms with Gasteiger partial charge in [0.2, 0.25) is 0 Å². The van der Waals surface area contributed by atoms with Crippen molar-refractivity contribution in [3.05, 3.63) is 26.8 Å². The van der Waals surface area contributed by atoms with Crippen LogP contribution >= 0.6 is 34.4 Å². The Morgan fingerprint density at radius 2 is 2.11 bits per heavy atom. The first-order chi connectivity index (χ1) is 8.28. The van der Waals surface area contributed by atoms with Gasteiger partial charge in [-0.1, -0.05) is 0 Å². The highest BCUT2D eigenvalue weighted by atomic mass is 127. The number of hydrogen-bond acceptors (Lipinski definition) is 4. The van der Waals surface area contributed by atoms with E-state index in [1.807, 2.05) is 0 Å². The number of hydrogen-bond donors (Lipinski definition) is 0. The average molecular weight is 387 g/mol. The molecule has 0 spiro atoms. The second-order valence-corrected chi connectivity index (χ2v) is 5.28.